The van der Waals surface area contributed by atoms with E-state index < -0.39 is 0 Å². The molecule has 0 bridgehead atoms. The molecular formula is C21H24N4O. The average Bonchev–Trinajstić information content (AvgIpc) is 2.87. The van der Waals surface area contributed by atoms with Crippen LogP contribution in [0.2, 0.25) is 0 Å². The lowest BCUT2D eigenvalue weighted by molar-refractivity contribution is -0.125. The summed E-state index contributed by atoms with van der Waals surface area (Å²) < 4.78 is 2.20. The van der Waals surface area contributed by atoms with Crippen LogP contribution in [0.4, 0.5) is 5.82 Å². The molecule has 0 aliphatic rings. The van der Waals surface area contributed by atoms with Crippen LogP contribution < -0.4 is 5.73 Å². The first-order valence-electron chi connectivity index (χ1n) is 8.56. The fourth-order valence-electron chi connectivity index (χ4n) is 3.24. The van der Waals surface area contributed by atoms with Gasteiger partial charge in [0.25, 0.3) is 0 Å². The van der Waals surface area contributed by atoms with Crippen LogP contribution in [0.25, 0.3) is 17.0 Å². The molecule has 5 nitrogen and oxygen atoms in total. The van der Waals surface area contributed by atoms with Crippen LogP contribution >= 0.6 is 0 Å². The highest BCUT2D eigenvalue weighted by Gasteiger charge is 2.16. The molecule has 0 spiro atoms. The number of nitrogen functional groups attached to an aromatic ring is 1. The molecule has 3 aromatic rings. The summed E-state index contributed by atoms with van der Waals surface area (Å²) in [5, 5.41) is 1.20. The number of benzene rings is 1. The van der Waals surface area contributed by atoms with Gasteiger partial charge in [-0.15, -0.1) is 0 Å². The molecular weight excluding hydrogens is 324 g/mol. The fourth-order valence-corrected chi connectivity index (χ4v) is 3.24. The highest BCUT2D eigenvalue weighted by molar-refractivity contribution is 5.92. The molecule has 0 fully saturated rings. The smallest absolute Gasteiger partial charge is 0.246 e. The van der Waals surface area contributed by atoms with Gasteiger partial charge in [-0.05, 0) is 48.7 Å². The number of aromatic nitrogens is 2. The molecule has 2 N–H and O–H groups in total. The molecule has 3 rings (SSSR count). The first kappa shape index (κ1) is 17.7. The number of nitrogens with two attached hydrogens (primary N) is 1. The van der Waals surface area contributed by atoms with Crippen molar-refractivity contribution in [2.75, 3.05) is 12.8 Å². The van der Waals surface area contributed by atoms with E-state index in [1.165, 1.54) is 27.7 Å². The third-order valence-electron chi connectivity index (χ3n) is 4.84. The monoisotopic (exact) mass is 348 g/mol. The highest BCUT2D eigenvalue weighted by atomic mass is 16.2. The molecule has 0 saturated carbocycles. The molecule has 0 radical (unpaired) electrons. The van der Waals surface area contributed by atoms with E-state index in [1.54, 1.807) is 29.3 Å². The normalized spacial score (nSPS) is 11.4. The van der Waals surface area contributed by atoms with Gasteiger partial charge < -0.3 is 15.2 Å². The number of amides is 1. The van der Waals surface area contributed by atoms with Gasteiger partial charge in [0.05, 0.1) is 5.52 Å². The van der Waals surface area contributed by atoms with E-state index in [9.17, 15) is 4.79 Å². The summed E-state index contributed by atoms with van der Waals surface area (Å²) in [6.45, 7) is 4.78. The lowest BCUT2D eigenvalue weighted by Gasteiger charge is -2.15. The highest BCUT2D eigenvalue weighted by Crippen LogP contribution is 2.28. The first-order valence-corrected chi connectivity index (χ1v) is 8.56. The van der Waals surface area contributed by atoms with Crippen LogP contribution in [0.15, 0.2) is 42.6 Å². The van der Waals surface area contributed by atoms with Gasteiger partial charge in [0.2, 0.25) is 5.91 Å². The molecule has 26 heavy (non-hydrogen) atoms. The van der Waals surface area contributed by atoms with Crippen LogP contribution in [-0.2, 0) is 18.4 Å². The number of anilines is 1. The van der Waals surface area contributed by atoms with E-state index >= 15 is 0 Å². The predicted molar refractivity (Wildman–Crippen MR) is 107 cm³/mol. The van der Waals surface area contributed by atoms with Crippen molar-refractivity contribution in [3.8, 4) is 0 Å². The number of fused-ring (bicyclic) bond motifs is 1. The zero-order valence-corrected chi connectivity index (χ0v) is 15.7. The molecule has 2 aromatic heterocycles. The van der Waals surface area contributed by atoms with Gasteiger partial charge >= 0.3 is 0 Å². The van der Waals surface area contributed by atoms with Gasteiger partial charge in [0.15, 0.2) is 0 Å². The van der Waals surface area contributed by atoms with Crippen molar-refractivity contribution in [1.82, 2.24) is 14.5 Å². The van der Waals surface area contributed by atoms with E-state index in [2.05, 4.69) is 48.6 Å². The molecule has 0 aliphatic carbocycles. The number of hydrogen-bond acceptors (Lipinski definition) is 3. The number of carbonyl (C=O) groups excluding carboxylic acids is 1. The fraction of sp³-hybridized carbons (Fsp3) is 0.238. The summed E-state index contributed by atoms with van der Waals surface area (Å²) >= 11 is 0. The van der Waals surface area contributed by atoms with E-state index in [0.717, 1.165) is 5.56 Å². The first-order chi connectivity index (χ1) is 12.4. The Balaban J connectivity index is 1.81. The molecule has 0 atom stereocenters. The second-order valence-corrected chi connectivity index (χ2v) is 6.64. The van der Waals surface area contributed by atoms with Crippen LogP contribution in [0, 0.1) is 13.8 Å². The lowest BCUT2D eigenvalue weighted by atomic mass is 10.1. The number of pyridine rings is 1. The van der Waals surface area contributed by atoms with Crippen molar-refractivity contribution in [3.63, 3.8) is 0 Å². The molecule has 2 heterocycles. The Bertz CT molecular complexity index is 983. The SMILES string of the molecule is Cc1cccc2c(CN(C)C(=O)/C=C/c3ccc(N)nc3)c(C)n(C)c12. The van der Waals surface area contributed by atoms with E-state index in [1.807, 2.05) is 13.1 Å². The van der Waals surface area contributed by atoms with Gasteiger partial charge in [0, 0.05) is 44.0 Å². The van der Waals surface area contributed by atoms with Gasteiger partial charge in [-0.3, -0.25) is 4.79 Å². The minimum atomic E-state index is -0.0501. The Kier molecular flexibility index (Phi) is 4.80. The van der Waals surface area contributed by atoms with E-state index in [-0.39, 0.29) is 5.91 Å². The topological polar surface area (TPSA) is 64.2 Å². The second-order valence-electron chi connectivity index (χ2n) is 6.64. The maximum absolute atomic E-state index is 12.5. The molecule has 0 unspecified atom stereocenters. The van der Waals surface area contributed by atoms with Crippen LogP contribution in [0.3, 0.4) is 0 Å². The Morgan fingerprint density at radius 2 is 2.04 bits per heavy atom. The molecule has 1 amide bonds. The van der Waals surface area contributed by atoms with Crippen LogP contribution in [0.1, 0.15) is 22.4 Å². The third kappa shape index (κ3) is 3.33. The minimum absolute atomic E-state index is 0.0501. The Labute approximate surface area is 153 Å². The number of para-hydroxylation sites is 1. The largest absolute Gasteiger partial charge is 0.384 e. The zero-order valence-electron chi connectivity index (χ0n) is 15.7. The van der Waals surface area contributed by atoms with Gasteiger partial charge in [-0.25, -0.2) is 4.98 Å². The van der Waals surface area contributed by atoms with E-state index in [0.29, 0.717) is 12.4 Å². The molecule has 1 aromatic carbocycles. The zero-order chi connectivity index (χ0) is 18.8. The van der Waals surface area contributed by atoms with Gasteiger partial charge in [-0.2, -0.15) is 0 Å². The van der Waals surface area contributed by atoms with Gasteiger partial charge in [-0.1, -0.05) is 18.2 Å². The van der Waals surface area contributed by atoms with Crippen molar-refractivity contribution < 1.29 is 4.79 Å². The van der Waals surface area contributed by atoms with Crippen molar-refractivity contribution >= 4 is 28.7 Å². The lowest BCUT2D eigenvalue weighted by Crippen LogP contribution is -2.24. The van der Waals surface area contributed by atoms with Crippen LogP contribution in [0.5, 0.6) is 0 Å². The maximum atomic E-state index is 12.5. The van der Waals surface area contributed by atoms with Gasteiger partial charge in [0.1, 0.15) is 5.82 Å². The third-order valence-corrected chi connectivity index (χ3v) is 4.84. The molecule has 0 aliphatic heterocycles. The van der Waals surface area contributed by atoms with E-state index in [4.69, 9.17) is 5.73 Å². The van der Waals surface area contributed by atoms with Crippen molar-refractivity contribution in [3.05, 3.63) is 65.0 Å². The number of hydrogen-bond donors (Lipinski definition) is 1. The molecule has 0 saturated heterocycles. The summed E-state index contributed by atoms with van der Waals surface area (Å²) in [6.07, 6.45) is 4.97. The quantitative estimate of drug-likeness (QED) is 0.735. The van der Waals surface area contributed by atoms with Crippen LogP contribution in [-0.4, -0.2) is 27.4 Å². The summed E-state index contributed by atoms with van der Waals surface area (Å²) in [5.74, 6) is 0.415. The minimum Gasteiger partial charge on any atom is -0.384 e. The number of nitrogens with zero attached hydrogens (tertiary/aromatic N) is 3. The Hall–Kier alpha value is -3.08. The molecule has 5 heteroatoms. The Morgan fingerprint density at radius 3 is 2.73 bits per heavy atom. The summed E-state index contributed by atoms with van der Waals surface area (Å²) in [6, 6.07) is 9.86. The number of aryl methyl sites for hydroxylation is 2. The summed E-state index contributed by atoms with van der Waals surface area (Å²) in [7, 11) is 3.89. The number of rotatable bonds is 4. The van der Waals surface area contributed by atoms with Crippen molar-refractivity contribution in [1.29, 1.82) is 0 Å². The van der Waals surface area contributed by atoms with Crippen molar-refractivity contribution in [2.45, 2.75) is 20.4 Å². The second kappa shape index (κ2) is 7.04. The maximum Gasteiger partial charge on any atom is 0.246 e. The molecule has 134 valence electrons. The van der Waals surface area contributed by atoms with Crippen molar-refractivity contribution in [2.24, 2.45) is 7.05 Å². The standard InChI is InChI=1S/C21H24N4O/c1-14-6-5-7-17-18(15(2)25(4)21(14)17)13-24(3)20(26)11-9-16-8-10-19(22)23-12-16/h5-12H,13H2,1-4H3,(H2,22,23)/b11-9+. The summed E-state index contributed by atoms with van der Waals surface area (Å²) in [5.41, 5.74) is 11.3. The summed E-state index contributed by atoms with van der Waals surface area (Å²) in [4.78, 5) is 18.2. The number of likely N-dealkylation sites (N-methyl/N-ethyl adjacent to an activating group) is 1. The average molecular weight is 348 g/mol. The Morgan fingerprint density at radius 1 is 1.27 bits per heavy atom. The predicted octanol–water partition coefficient (Wildman–Crippen LogP) is 3.44. The number of carbonyl (C=O) groups is 1.